The molecule has 0 N–H and O–H groups in total. The van der Waals surface area contributed by atoms with Gasteiger partial charge in [0.2, 0.25) is 0 Å². The van der Waals surface area contributed by atoms with Crippen molar-refractivity contribution in [2.75, 3.05) is 6.61 Å². The van der Waals surface area contributed by atoms with Crippen LogP contribution in [0.25, 0.3) is 6.08 Å². The van der Waals surface area contributed by atoms with Crippen LogP contribution < -0.4 is 0 Å². The minimum absolute atomic E-state index is 0.0201. The lowest BCUT2D eigenvalue weighted by Crippen LogP contribution is -2.31. The van der Waals surface area contributed by atoms with Gasteiger partial charge in [0.1, 0.15) is 0 Å². The third-order valence-electron chi connectivity index (χ3n) is 4.87. The summed E-state index contributed by atoms with van der Waals surface area (Å²) < 4.78 is 12.7. The third kappa shape index (κ3) is 5.27. The van der Waals surface area contributed by atoms with Gasteiger partial charge in [0.05, 0.1) is 6.10 Å². The Morgan fingerprint density at radius 2 is 1.83 bits per heavy atom. The number of carbonyl (C=O) groups is 1. The van der Waals surface area contributed by atoms with Crippen LogP contribution >= 0.6 is 15.9 Å². The lowest BCUT2D eigenvalue weighted by molar-refractivity contribution is -0.194. The van der Waals surface area contributed by atoms with Gasteiger partial charge in [-0.25, -0.2) is 0 Å². The van der Waals surface area contributed by atoms with E-state index in [2.05, 4.69) is 15.9 Å². The molecule has 0 aromatic heterocycles. The van der Waals surface area contributed by atoms with E-state index in [1.54, 1.807) is 6.08 Å². The molecule has 24 heavy (non-hydrogen) atoms. The van der Waals surface area contributed by atoms with Crippen LogP contribution in [0.3, 0.4) is 0 Å². The molecule has 1 saturated heterocycles. The monoisotopic (exact) mass is 392 g/mol. The summed E-state index contributed by atoms with van der Waals surface area (Å²) in [7, 11) is 0. The van der Waals surface area contributed by atoms with Gasteiger partial charge >= 0.3 is 0 Å². The summed E-state index contributed by atoms with van der Waals surface area (Å²) in [4.78, 5) is 12.4. The van der Waals surface area contributed by atoms with Crippen LogP contribution in [-0.2, 0) is 14.3 Å². The number of ketones is 1. The molecule has 4 heteroatoms. The van der Waals surface area contributed by atoms with E-state index >= 15 is 0 Å². The molecule has 1 atom stereocenters. The van der Waals surface area contributed by atoms with Crippen molar-refractivity contribution >= 4 is 27.8 Å². The molecule has 3 rings (SSSR count). The van der Waals surface area contributed by atoms with Crippen molar-refractivity contribution < 1.29 is 14.3 Å². The zero-order valence-corrected chi connectivity index (χ0v) is 15.5. The van der Waals surface area contributed by atoms with Crippen LogP contribution in [0.15, 0.2) is 34.8 Å². The van der Waals surface area contributed by atoms with Crippen LogP contribution in [0.4, 0.5) is 0 Å². The maximum Gasteiger partial charge on any atom is 0.158 e. The molecule has 1 aliphatic carbocycles. The first kappa shape index (κ1) is 17.8. The third-order valence-corrected chi connectivity index (χ3v) is 5.40. The number of rotatable bonds is 5. The molecule has 1 aromatic rings. The van der Waals surface area contributed by atoms with Crippen molar-refractivity contribution in [1.29, 1.82) is 0 Å². The molecule has 1 aliphatic heterocycles. The van der Waals surface area contributed by atoms with Crippen LogP contribution in [-0.4, -0.2) is 24.8 Å². The number of carbonyl (C=O) groups excluding carboxylic acids is 1. The number of allylic oxidation sites excluding steroid dienone is 1. The molecule has 0 spiro atoms. The lowest BCUT2D eigenvalue weighted by Gasteiger charge is -2.32. The Kier molecular flexibility index (Phi) is 6.64. The van der Waals surface area contributed by atoms with Crippen molar-refractivity contribution in [2.45, 2.75) is 57.3 Å². The van der Waals surface area contributed by atoms with E-state index in [-0.39, 0.29) is 24.1 Å². The Balaban J connectivity index is 1.43. The second-order valence-electron chi connectivity index (χ2n) is 6.69. The lowest BCUT2D eigenvalue weighted by atomic mass is 9.84. The van der Waals surface area contributed by atoms with Crippen LogP contribution in [0, 0.1) is 5.92 Å². The second-order valence-corrected chi connectivity index (χ2v) is 7.61. The van der Waals surface area contributed by atoms with Crippen molar-refractivity contribution in [3.8, 4) is 0 Å². The highest BCUT2D eigenvalue weighted by Gasteiger charge is 2.27. The first-order chi connectivity index (χ1) is 11.7. The van der Waals surface area contributed by atoms with Crippen LogP contribution in [0.5, 0.6) is 0 Å². The minimum atomic E-state index is -0.0201. The van der Waals surface area contributed by atoms with Crippen LogP contribution in [0.2, 0.25) is 0 Å². The number of benzene rings is 1. The fraction of sp³-hybridized carbons (Fsp3) is 0.550. The summed E-state index contributed by atoms with van der Waals surface area (Å²) in [5, 5.41) is 0. The van der Waals surface area contributed by atoms with E-state index in [1.807, 2.05) is 30.3 Å². The molecule has 0 amide bonds. The van der Waals surface area contributed by atoms with Crippen molar-refractivity contribution in [3.05, 3.63) is 40.4 Å². The van der Waals surface area contributed by atoms with Gasteiger partial charge in [-0.15, -0.1) is 0 Å². The van der Waals surface area contributed by atoms with Crippen LogP contribution in [0.1, 0.15) is 50.5 Å². The van der Waals surface area contributed by atoms with Gasteiger partial charge in [-0.1, -0.05) is 34.1 Å². The first-order valence-electron chi connectivity index (χ1n) is 8.95. The van der Waals surface area contributed by atoms with Gasteiger partial charge in [-0.3, -0.25) is 4.79 Å². The highest BCUT2D eigenvalue weighted by Crippen LogP contribution is 2.29. The van der Waals surface area contributed by atoms with E-state index in [0.29, 0.717) is 0 Å². The summed E-state index contributed by atoms with van der Waals surface area (Å²) in [6.07, 6.45) is 11.0. The predicted octanol–water partition coefficient (Wildman–Crippen LogP) is 5.13. The van der Waals surface area contributed by atoms with Gasteiger partial charge in [0.25, 0.3) is 0 Å². The van der Waals surface area contributed by atoms with E-state index in [0.717, 1.165) is 55.2 Å². The van der Waals surface area contributed by atoms with Gasteiger partial charge in [-0.2, -0.15) is 0 Å². The molecular formula is C20H25BrO3. The second kappa shape index (κ2) is 8.93. The Bertz CT molecular complexity index is 553. The number of halogens is 1. The average Bonchev–Trinajstić information content (AvgIpc) is 2.62. The standard InChI is InChI=1S/C20H25BrO3/c21-17-9-4-15(5-10-17)6-13-19(22)16-7-11-18(12-8-16)24-20-3-1-2-14-23-20/h4-6,9-10,13,16,18,20H,1-3,7-8,11-12,14H2/t16-,18-,20?. The largest absolute Gasteiger partial charge is 0.353 e. The fourth-order valence-electron chi connectivity index (χ4n) is 3.40. The molecule has 1 heterocycles. The molecule has 130 valence electrons. The van der Waals surface area contributed by atoms with E-state index < -0.39 is 0 Å². The highest BCUT2D eigenvalue weighted by molar-refractivity contribution is 9.10. The molecule has 0 radical (unpaired) electrons. The smallest absolute Gasteiger partial charge is 0.158 e. The van der Waals surface area contributed by atoms with Crippen molar-refractivity contribution in [3.63, 3.8) is 0 Å². The molecule has 3 nitrogen and oxygen atoms in total. The molecule has 1 unspecified atom stereocenters. The van der Waals surface area contributed by atoms with Gasteiger partial charge in [-0.05, 0) is 68.7 Å². The molecule has 1 saturated carbocycles. The molecule has 2 aliphatic rings. The zero-order valence-electron chi connectivity index (χ0n) is 14.0. The normalized spacial score (nSPS) is 28.1. The summed E-state index contributed by atoms with van der Waals surface area (Å²) in [6.45, 7) is 0.819. The summed E-state index contributed by atoms with van der Waals surface area (Å²) in [6, 6.07) is 7.98. The summed E-state index contributed by atoms with van der Waals surface area (Å²) in [5.41, 5.74) is 1.05. The molecule has 0 bridgehead atoms. The number of ether oxygens (including phenoxy) is 2. The zero-order chi connectivity index (χ0) is 16.8. The number of hydrogen-bond acceptors (Lipinski definition) is 3. The number of hydrogen-bond donors (Lipinski definition) is 0. The van der Waals surface area contributed by atoms with E-state index in [4.69, 9.17) is 9.47 Å². The summed E-state index contributed by atoms with van der Waals surface area (Å²) >= 11 is 3.42. The highest BCUT2D eigenvalue weighted by atomic mass is 79.9. The van der Waals surface area contributed by atoms with Crippen molar-refractivity contribution in [2.24, 2.45) is 5.92 Å². The molecule has 2 fully saturated rings. The first-order valence-corrected chi connectivity index (χ1v) is 9.74. The fourth-order valence-corrected chi connectivity index (χ4v) is 3.67. The minimum Gasteiger partial charge on any atom is -0.353 e. The average molecular weight is 393 g/mol. The Morgan fingerprint density at radius 1 is 1.08 bits per heavy atom. The van der Waals surface area contributed by atoms with Crippen molar-refractivity contribution in [1.82, 2.24) is 0 Å². The predicted molar refractivity (Wildman–Crippen MR) is 98.6 cm³/mol. The molecular weight excluding hydrogens is 368 g/mol. The Morgan fingerprint density at radius 3 is 2.50 bits per heavy atom. The van der Waals surface area contributed by atoms with E-state index in [1.165, 1.54) is 6.42 Å². The Hall–Kier alpha value is -0.970. The SMILES string of the molecule is O=C(C=Cc1ccc(Br)cc1)[C@H]1CC[C@H](OC2CCCCO2)CC1. The Labute approximate surface area is 152 Å². The topological polar surface area (TPSA) is 35.5 Å². The summed E-state index contributed by atoms with van der Waals surface area (Å²) in [5.74, 6) is 0.383. The van der Waals surface area contributed by atoms with Gasteiger partial charge in [0, 0.05) is 17.0 Å². The van der Waals surface area contributed by atoms with Gasteiger partial charge in [0.15, 0.2) is 12.1 Å². The quantitative estimate of drug-likeness (QED) is 0.651. The maximum absolute atomic E-state index is 12.4. The maximum atomic E-state index is 12.4. The molecule has 1 aromatic carbocycles. The van der Waals surface area contributed by atoms with E-state index in [9.17, 15) is 4.79 Å². The van der Waals surface area contributed by atoms with Gasteiger partial charge < -0.3 is 9.47 Å².